The van der Waals surface area contributed by atoms with Gasteiger partial charge in [-0.15, -0.1) is 0 Å². The van der Waals surface area contributed by atoms with Crippen LogP contribution in [-0.2, 0) is 9.53 Å². The molecule has 8 heteroatoms. The normalized spacial score (nSPS) is 15.8. The van der Waals surface area contributed by atoms with Crippen LogP contribution in [0.2, 0.25) is 5.02 Å². The minimum Gasteiger partial charge on any atom is -0.444 e. The highest BCUT2D eigenvalue weighted by Crippen LogP contribution is 2.31. The molecule has 162 valence electrons. The molecule has 1 atom stereocenters. The van der Waals surface area contributed by atoms with Crippen LogP contribution in [0.15, 0.2) is 18.2 Å². The summed E-state index contributed by atoms with van der Waals surface area (Å²) < 4.78 is 19.6. The third kappa shape index (κ3) is 7.82. The van der Waals surface area contributed by atoms with Crippen molar-refractivity contribution in [2.24, 2.45) is 0 Å². The summed E-state index contributed by atoms with van der Waals surface area (Å²) in [7, 11) is 0. The van der Waals surface area contributed by atoms with Crippen LogP contribution in [0.4, 0.5) is 9.18 Å². The fraction of sp³-hybridized carbons (Fsp3) is 0.619. The number of nitrogens with zero attached hydrogens (tertiary/aromatic N) is 1. The second-order valence-corrected chi connectivity index (χ2v) is 8.64. The molecular weight excluding hydrogens is 397 g/mol. The zero-order chi connectivity index (χ0) is 21.4. The first-order chi connectivity index (χ1) is 13.7. The maximum atomic E-state index is 14.4. The first-order valence-corrected chi connectivity index (χ1v) is 10.5. The summed E-state index contributed by atoms with van der Waals surface area (Å²) in [5.74, 6) is -0.502. The Labute approximate surface area is 177 Å². The lowest BCUT2D eigenvalue weighted by Crippen LogP contribution is -2.37. The summed E-state index contributed by atoms with van der Waals surface area (Å²) in [5, 5.41) is 5.89. The van der Waals surface area contributed by atoms with Crippen molar-refractivity contribution in [3.8, 4) is 0 Å². The molecule has 6 nitrogen and oxygen atoms in total. The second kappa shape index (κ2) is 10.8. The van der Waals surface area contributed by atoms with Crippen LogP contribution in [0.5, 0.6) is 0 Å². The van der Waals surface area contributed by atoms with Gasteiger partial charge >= 0.3 is 6.09 Å². The Morgan fingerprint density at radius 1 is 1.24 bits per heavy atom. The molecule has 0 spiro atoms. The van der Waals surface area contributed by atoms with Gasteiger partial charge in [-0.05, 0) is 65.3 Å². The van der Waals surface area contributed by atoms with Crippen LogP contribution in [-0.4, -0.2) is 48.7 Å². The van der Waals surface area contributed by atoms with Crippen molar-refractivity contribution in [1.82, 2.24) is 15.5 Å². The van der Waals surface area contributed by atoms with Gasteiger partial charge in [0.05, 0.1) is 6.04 Å². The average Bonchev–Trinajstić information content (AvgIpc) is 3.14. The number of benzene rings is 1. The second-order valence-electron chi connectivity index (χ2n) is 8.23. The molecule has 1 aromatic rings. The number of hydrogen-bond acceptors (Lipinski definition) is 4. The van der Waals surface area contributed by atoms with Crippen molar-refractivity contribution in [2.45, 2.75) is 58.1 Å². The van der Waals surface area contributed by atoms with E-state index >= 15 is 0 Å². The van der Waals surface area contributed by atoms with E-state index in [1.165, 1.54) is 6.07 Å². The van der Waals surface area contributed by atoms with E-state index < -0.39 is 11.7 Å². The number of rotatable bonds is 8. The van der Waals surface area contributed by atoms with E-state index in [0.717, 1.165) is 25.9 Å². The molecule has 2 N–H and O–H groups in total. The molecule has 1 aromatic carbocycles. The number of halogens is 2. The van der Waals surface area contributed by atoms with Gasteiger partial charge in [-0.1, -0.05) is 17.7 Å². The van der Waals surface area contributed by atoms with Gasteiger partial charge in [-0.2, -0.15) is 0 Å². The lowest BCUT2D eigenvalue weighted by molar-refractivity contribution is -0.121. The van der Waals surface area contributed by atoms with Crippen molar-refractivity contribution in [3.05, 3.63) is 34.6 Å². The van der Waals surface area contributed by atoms with Gasteiger partial charge < -0.3 is 15.4 Å². The Morgan fingerprint density at radius 2 is 1.93 bits per heavy atom. The Hall–Kier alpha value is -1.86. The number of likely N-dealkylation sites (tertiary alicyclic amines) is 1. The molecule has 29 heavy (non-hydrogen) atoms. The van der Waals surface area contributed by atoms with Crippen molar-refractivity contribution < 1.29 is 18.7 Å². The molecule has 0 saturated carbocycles. The molecule has 0 aromatic heterocycles. The molecule has 0 radical (unpaired) electrons. The molecule has 0 aliphatic carbocycles. The highest BCUT2D eigenvalue weighted by atomic mass is 35.5. The fourth-order valence-electron chi connectivity index (χ4n) is 3.35. The number of amides is 2. The van der Waals surface area contributed by atoms with Gasteiger partial charge in [0.15, 0.2) is 0 Å². The summed E-state index contributed by atoms with van der Waals surface area (Å²) in [6.07, 6.45) is 2.34. The van der Waals surface area contributed by atoms with E-state index in [-0.39, 0.29) is 24.2 Å². The monoisotopic (exact) mass is 427 g/mol. The fourth-order valence-corrected chi connectivity index (χ4v) is 3.64. The number of carbonyl (C=O) groups is 2. The van der Waals surface area contributed by atoms with E-state index in [2.05, 4.69) is 15.5 Å². The number of hydrogen-bond donors (Lipinski definition) is 2. The molecule has 1 aliphatic rings. The van der Waals surface area contributed by atoms with Gasteiger partial charge in [-0.25, -0.2) is 9.18 Å². The Kier molecular flexibility index (Phi) is 8.71. The largest absolute Gasteiger partial charge is 0.444 e. The minimum absolute atomic E-state index is 0.146. The van der Waals surface area contributed by atoms with E-state index in [4.69, 9.17) is 16.3 Å². The molecule has 2 rings (SSSR count). The average molecular weight is 428 g/mol. The number of alkyl carbamates (subject to hydrolysis) is 1. The summed E-state index contributed by atoms with van der Waals surface area (Å²) in [5.41, 5.74) is -0.122. The molecular formula is C21H31ClFN3O3. The third-order valence-corrected chi connectivity index (χ3v) is 4.99. The van der Waals surface area contributed by atoms with Crippen LogP contribution in [0, 0.1) is 5.82 Å². The van der Waals surface area contributed by atoms with Crippen LogP contribution < -0.4 is 10.6 Å². The zero-order valence-electron chi connectivity index (χ0n) is 17.4. The molecule has 1 heterocycles. The minimum atomic E-state index is -0.556. The predicted molar refractivity (Wildman–Crippen MR) is 111 cm³/mol. The summed E-state index contributed by atoms with van der Waals surface area (Å²) in [6, 6.07) is 4.36. The zero-order valence-corrected chi connectivity index (χ0v) is 18.2. The standard InChI is InChI=1S/C21H31ClFN3O3/c1-21(2,3)29-20(28)24-11-7-10-18(27)25-14-17(26-12-4-5-13-26)19-15(22)8-6-9-16(19)23/h6,8-9,17H,4-5,7,10-14H2,1-3H3,(H,24,28)(H,25,27). The summed E-state index contributed by atoms with van der Waals surface area (Å²) in [4.78, 5) is 26.0. The van der Waals surface area contributed by atoms with Crippen molar-refractivity contribution in [1.29, 1.82) is 0 Å². The number of ether oxygens (including phenoxy) is 1. The molecule has 1 saturated heterocycles. The number of nitrogens with one attached hydrogen (secondary N) is 2. The van der Waals surface area contributed by atoms with Crippen molar-refractivity contribution >= 4 is 23.6 Å². The topological polar surface area (TPSA) is 70.7 Å². The third-order valence-electron chi connectivity index (χ3n) is 4.66. The van der Waals surface area contributed by atoms with E-state index in [9.17, 15) is 14.0 Å². The molecule has 1 fully saturated rings. The molecule has 2 amide bonds. The van der Waals surface area contributed by atoms with Gasteiger partial charge in [0.1, 0.15) is 11.4 Å². The van der Waals surface area contributed by atoms with Gasteiger partial charge in [0.2, 0.25) is 5.91 Å². The van der Waals surface area contributed by atoms with Crippen LogP contribution in [0.3, 0.4) is 0 Å². The Bertz CT molecular complexity index is 683. The summed E-state index contributed by atoms with van der Waals surface area (Å²) in [6.45, 7) is 7.71. The van der Waals surface area contributed by atoms with Gasteiger partial charge in [-0.3, -0.25) is 9.69 Å². The SMILES string of the molecule is CC(C)(C)OC(=O)NCCCC(=O)NCC(c1c(F)cccc1Cl)N1CCCC1. The maximum Gasteiger partial charge on any atom is 0.407 e. The smallest absolute Gasteiger partial charge is 0.407 e. The van der Waals surface area contributed by atoms with E-state index in [1.54, 1.807) is 32.9 Å². The molecule has 0 bridgehead atoms. The van der Waals surface area contributed by atoms with Crippen molar-refractivity contribution in [2.75, 3.05) is 26.2 Å². The quantitative estimate of drug-likeness (QED) is 0.614. The van der Waals surface area contributed by atoms with Gasteiger partial charge in [0, 0.05) is 30.1 Å². The van der Waals surface area contributed by atoms with Crippen LogP contribution in [0.1, 0.15) is 58.1 Å². The van der Waals surface area contributed by atoms with Crippen LogP contribution in [0.25, 0.3) is 0 Å². The summed E-state index contributed by atoms with van der Waals surface area (Å²) >= 11 is 6.26. The lowest BCUT2D eigenvalue weighted by Gasteiger charge is -2.29. The maximum absolute atomic E-state index is 14.4. The molecule has 1 unspecified atom stereocenters. The lowest BCUT2D eigenvalue weighted by atomic mass is 10.0. The molecule has 1 aliphatic heterocycles. The highest BCUT2D eigenvalue weighted by molar-refractivity contribution is 6.31. The predicted octanol–water partition coefficient (Wildman–Crippen LogP) is 4.04. The van der Waals surface area contributed by atoms with E-state index in [1.807, 2.05) is 0 Å². The Balaban J connectivity index is 1.83. The van der Waals surface area contributed by atoms with Crippen LogP contribution >= 0.6 is 11.6 Å². The first-order valence-electron chi connectivity index (χ1n) is 10.1. The number of carbonyl (C=O) groups excluding carboxylic acids is 2. The van der Waals surface area contributed by atoms with E-state index in [0.29, 0.717) is 30.1 Å². The highest BCUT2D eigenvalue weighted by Gasteiger charge is 2.28. The first kappa shape index (κ1) is 23.4. The van der Waals surface area contributed by atoms with Crippen molar-refractivity contribution in [3.63, 3.8) is 0 Å². The van der Waals surface area contributed by atoms with Gasteiger partial charge in [0.25, 0.3) is 0 Å². The Morgan fingerprint density at radius 3 is 2.55 bits per heavy atom.